The van der Waals surface area contributed by atoms with Crippen LogP contribution in [-0.4, -0.2) is 61.2 Å². The van der Waals surface area contributed by atoms with E-state index in [0.29, 0.717) is 0 Å². The second-order valence-corrected chi connectivity index (χ2v) is 27.0. The molecular formula is C79H78B2BrLiN4O5. The van der Waals surface area contributed by atoms with Crippen molar-refractivity contribution in [2.45, 2.75) is 118 Å². The Morgan fingerprint density at radius 2 is 0.696 bits per heavy atom. The maximum atomic E-state index is 6.46. The Labute approximate surface area is 561 Å². The number of para-hydroxylation sites is 6. The number of benzene rings is 10. The molecule has 2 saturated heterocycles. The van der Waals surface area contributed by atoms with Crippen molar-refractivity contribution in [3.8, 4) is 22.7 Å². The molecule has 0 atom stereocenters. The third kappa shape index (κ3) is 11.6. The molecular weight excluding hydrogens is 1190 g/mol. The maximum Gasteiger partial charge on any atom is 1.00 e. The van der Waals surface area contributed by atoms with Gasteiger partial charge in [0.1, 0.15) is 0 Å². The zero-order valence-corrected chi connectivity index (χ0v) is 56.6. The Bertz CT molecular complexity index is 4930. The molecule has 4 aromatic heterocycles. The number of rotatable bonds is 8. The molecule has 0 unspecified atom stereocenters. The summed E-state index contributed by atoms with van der Waals surface area (Å²) in [6, 6.07) is 82.5. The summed E-state index contributed by atoms with van der Waals surface area (Å²) in [5.74, 6) is 0. The molecule has 10 aromatic carbocycles. The van der Waals surface area contributed by atoms with Gasteiger partial charge in [-0.05, 0) is 160 Å². The average Bonchev–Trinajstić information content (AvgIpc) is 1.55. The van der Waals surface area contributed by atoms with Crippen molar-refractivity contribution in [3.63, 3.8) is 0 Å². The van der Waals surface area contributed by atoms with Crippen molar-refractivity contribution in [2.24, 2.45) is 0 Å². The fourth-order valence-corrected chi connectivity index (χ4v) is 13.0. The SMILES string of the molecule is Brc1ccc2c(c1)c1ccc3c4ccccc4n(-c4ccccc4)c3c1n2-c1ccccc1.CC(C)OB1OC(C)(C)C(C)(C)O1.CC1(C)OB(c2ccc3c(c2)c2ccc4c5ccccc5n(-c5ccccc5)c4c2n3-c2ccccc2)OC1(C)C.[CH2-]CCC.[Li+]. The van der Waals surface area contributed by atoms with Gasteiger partial charge in [0.15, 0.2) is 0 Å². The number of hydrogen-bond donors (Lipinski definition) is 0. The van der Waals surface area contributed by atoms with Gasteiger partial charge in [0.25, 0.3) is 0 Å². The van der Waals surface area contributed by atoms with Crippen LogP contribution in [0.1, 0.15) is 89.0 Å². The predicted octanol–water partition coefficient (Wildman–Crippen LogP) is 17.4. The van der Waals surface area contributed by atoms with E-state index in [4.69, 9.17) is 23.3 Å². The molecule has 0 spiro atoms. The third-order valence-electron chi connectivity index (χ3n) is 18.7. The summed E-state index contributed by atoms with van der Waals surface area (Å²) in [4.78, 5) is 0. The molecule has 2 aliphatic rings. The van der Waals surface area contributed by atoms with Crippen LogP contribution in [0, 0.1) is 6.92 Å². The van der Waals surface area contributed by atoms with E-state index in [9.17, 15) is 0 Å². The molecule has 2 aliphatic heterocycles. The molecule has 0 amide bonds. The van der Waals surface area contributed by atoms with E-state index < -0.39 is 25.6 Å². The van der Waals surface area contributed by atoms with Gasteiger partial charge in [-0.1, -0.05) is 175 Å². The summed E-state index contributed by atoms with van der Waals surface area (Å²) in [5.41, 5.74) is 13.9. The van der Waals surface area contributed by atoms with Gasteiger partial charge in [0.2, 0.25) is 0 Å². The Morgan fingerprint density at radius 3 is 1.05 bits per heavy atom. The molecule has 6 heterocycles. The summed E-state index contributed by atoms with van der Waals surface area (Å²) in [7, 11) is -0.941. The van der Waals surface area contributed by atoms with Crippen molar-refractivity contribution in [3.05, 3.63) is 242 Å². The van der Waals surface area contributed by atoms with Crippen LogP contribution in [-0.2, 0) is 23.3 Å². The standard InChI is InChI=1S/C36H31BN2O2.C30H19BrN2.C9H19BO3.C4H9.Li/c1-35(2)36(3,4)41-37(40-35)24-19-22-32-30(23-24)29-21-20-28-27-17-11-12-18-31(27)38(25-13-7-5-8-14-25)33(28)34(29)39(32)26-15-9-6-10-16-26;31-20-15-18-28-26(19-20)25-17-16-24-23-13-7-8-14-27(23)32(21-9-3-1-4-10-21)29(24)30(25)33(28)22-11-5-2-6-12-22;1-7(2)11-10-12-8(3,4)9(5,6)13-10;1-3-4-2;/h5-23H,1-4H3;1-19H;7H,1-6H3;1,3-4H2,2H3;/q;;;-1;+1. The number of unbranched alkanes of at least 4 members (excludes halogenated alkanes) is 1. The smallest absolute Gasteiger partial charge is 0.399 e. The van der Waals surface area contributed by atoms with Crippen LogP contribution in [0.5, 0.6) is 0 Å². The summed E-state index contributed by atoms with van der Waals surface area (Å²) < 4.78 is 40.4. The number of nitrogens with zero attached hydrogens (tertiary/aromatic N) is 4. The summed E-state index contributed by atoms with van der Waals surface area (Å²) in [6.07, 6.45) is 2.40. The predicted molar refractivity (Wildman–Crippen MR) is 386 cm³/mol. The van der Waals surface area contributed by atoms with Crippen LogP contribution in [0.4, 0.5) is 0 Å². The van der Waals surface area contributed by atoms with E-state index in [1.807, 2.05) is 41.5 Å². The fraction of sp³-hybridized carbons (Fsp3) is 0.228. The van der Waals surface area contributed by atoms with Gasteiger partial charge in [-0.25, -0.2) is 0 Å². The molecule has 13 heteroatoms. The molecule has 0 bridgehead atoms. The Hall–Kier alpha value is -7.59. The molecule has 0 saturated carbocycles. The molecule has 9 nitrogen and oxygen atoms in total. The van der Waals surface area contributed by atoms with Crippen molar-refractivity contribution in [1.29, 1.82) is 0 Å². The van der Waals surface area contributed by atoms with Crippen LogP contribution in [0.15, 0.2) is 235 Å². The molecule has 16 rings (SSSR count). The van der Waals surface area contributed by atoms with Crippen LogP contribution in [0.2, 0.25) is 0 Å². The van der Waals surface area contributed by atoms with Crippen molar-refractivity contribution >= 4 is 123 Å². The maximum absolute atomic E-state index is 6.46. The van der Waals surface area contributed by atoms with E-state index in [-0.39, 0.29) is 36.2 Å². The molecule has 14 aromatic rings. The number of halogens is 1. The fourth-order valence-electron chi connectivity index (χ4n) is 12.7. The van der Waals surface area contributed by atoms with Gasteiger partial charge in [0.05, 0.1) is 66.5 Å². The van der Waals surface area contributed by atoms with E-state index in [2.05, 4.69) is 306 Å². The third-order valence-corrected chi connectivity index (χ3v) is 19.2. The summed E-state index contributed by atoms with van der Waals surface area (Å²) >= 11 is 3.70. The summed E-state index contributed by atoms with van der Waals surface area (Å²) in [5, 5.41) is 9.90. The number of hydrogen-bond acceptors (Lipinski definition) is 5. The first-order valence-corrected chi connectivity index (χ1v) is 32.6. The van der Waals surface area contributed by atoms with E-state index in [1.54, 1.807) is 0 Å². The molecule has 0 N–H and O–H groups in total. The van der Waals surface area contributed by atoms with Gasteiger partial charge in [-0.15, -0.1) is 0 Å². The van der Waals surface area contributed by atoms with Gasteiger partial charge in [-0.2, -0.15) is 6.42 Å². The topological polar surface area (TPSA) is 65.9 Å². The Kier molecular flexibility index (Phi) is 18.0. The second-order valence-electron chi connectivity index (χ2n) is 26.0. The monoisotopic (exact) mass is 1270 g/mol. The van der Waals surface area contributed by atoms with Crippen LogP contribution < -0.4 is 24.3 Å². The molecule has 0 aliphatic carbocycles. The first kappa shape index (κ1) is 64.5. The first-order chi connectivity index (χ1) is 43.8. The zero-order valence-electron chi connectivity index (χ0n) is 55.0. The van der Waals surface area contributed by atoms with E-state index in [0.717, 1.165) is 38.9 Å². The second kappa shape index (κ2) is 25.7. The Morgan fingerprint density at radius 1 is 0.391 bits per heavy atom. The molecule has 92 heavy (non-hydrogen) atoms. The first-order valence-electron chi connectivity index (χ1n) is 31.8. The average molecular weight is 1270 g/mol. The quantitative estimate of drug-likeness (QED) is 0.112. The van der Waals surface area contributed by atoms with Gasteiger partial charge < -0.3 is 48.5 Å². The van der Waals surface area contributed by atoms with Crippen LogP contribution >= 0.6 is 15.9 Å². The van der Waals surface area contributed by atoms with Crippen molar-refractivity contribution < 1.29 is 42.1 Å². The van der Waals surface area contributed by atoms with E-state index in [1.165, 1.54) is 93.8 Å². The molecule has 2 fully saturated rings. The minimum absolute atomic E-state index is 0. The normalized spacial score (nSPS) is 15.5. The molecule has 458 valence electrons. The summed E-state index contributed by atoms with van der Waals surface area (Å²) in [6.45, 7) is 26.1. The number of aromatic nitrogens is 4. The zero-order chi connectivity index (χ0) is 63.6. The number of fused-ring (bicyclic) bond motifs is 14. The van der Waals surface area contributed by atoms with Crippen LogP contribution in [0.25, 0.3) is 110 Å². The van der Waals surface area contributed by atoms with Gasteiger partial charge in [0, 0.05) is 76.4 Å². The largest absolute Gasteiger partial charge is 1.00 e. The van der Waals surface area contributed by atoms with Crippen molar-refractivity contribution in [2.75, 3.05) is 0 Å². The van der Waals surface area contributed by atoms with E-state index >= 15 is 0 Å². The minimum Gasteiger partial charge on any atom is -0.399 e. The molecule has 0 radical (unpaired) electrons. The van der Waals surface area contributed by atoms with Gasteiger partial charge in [-0.3, -0.25) is 0 Å². The van der Waals surface area contributed by atoms with Crippen LogP contribution in [0.3, 0.4) is 0 Å². The minimum atomic E-state index is -0.523. The Balaban J connectivity index is 0.000000143. The van der Waals surface area contributed by atoms with Gasteiger partial charge >= 0.3 is 33.3 Å². The van der Waals surface area contributed by atoms with Crippen molar-refractivity contribution in [1.82, 2.24) is 18.3 Å².